The fourth-order valence-electron chi connectivity index (χ4n) is 4.18. The van der Waals surface area contributed by atoms with Crippen molar-refractivity contribution in [1.82, 2.24) is 35.4 Å². The Morgan fingerprint density at radius 2 is 1.97 bits per heavy atom. The molecular formula is C17H18ClN9O2. The smallest absolute Gasteiger partial charge is 0.293 e. The number of aromatic amines is 1. The van der Waals surface area contributed by atoms with E-state index in [4.69, 9.17) is 11.6 Å². The summed E-state index contributed by atoms with van der Waals surface area (Å²) in [6, 6.07) is 1.43. The Hall–Kier alpha value is -3.21. The van der Waals surface area contributed by atoms with Gasteiger partial charge in [0.05, 0.1) is 5.02 Å². The SMILES string of the molecule is CN1n2c(c(Cl)cc(Nc3ncnc4n[nH]nc34)c2=O)C(=O)NC12CCCCC2. The molecule has 1 spiro atoms. The molecule has 0 radical (unpaired) electrons. The van der Waals surface area contributed by atoms with Gasteiger partial charge in [0.25, 0.3) is 11.5 Å². The van der Waals surface area contributed by atoms with Gasteiger partial charge >= 0.3 is 0 Å². The van der Waals surface area contributed by atoms with Gasteiger partial charge in [-0.1, -0.05) is 18.0 Å². The predicted octanol–water partition coefficient (Wildman–Crippen LogP) is 1.28. The average molecular weight is 416 g/mol. The quantitative estimate of drug-likeness (QED) is 0.569. The summed E-state index contributed by atoms with van der Waals surface area (Å²) in [5, 5.41) is 18.4. The van der Waals surface area contributed by atoms with Gasteiger partial charge in [-0.2, -0.15) is 10.3 Å². The minimum absolute atomic E-state index is 0.121. The minimum atomic E-state index is -0.595. The van der Waals surface area contributed by atoms with Gasteiger partial charge in [0.15, 0.2) is 11.3 Å². The predicted molar refractivity (Wildman–Crippen MR) is 106 cm³/mol. The lowest BCUT2D eigenvalue weighted by molar-refractivity contribution is 0.0775. The zero-order chi connectivity index (χ0) is 20.2. The molecule has 1 fully saturated rings. The number of hydrogen-bond acceptors (Lipinski definition) is 8. The van der Waals surface area contributed by atoms with E-state index in [2.05, 4.69) is 36.0 Å². The first-order chi connectivity index (χ1) is 14.0. The monoisotopic (exact) mass is 415 g/mol. The number of carbonyl (C=O) groups excluding carboxylic acids is 1. The Bertz CT molecular complexity index is 1180. The first-order valence-corrected chi connectivity index (χ1v) is 9.69. The fourth-order valence-corrected chi connectivity index (χ4v) is 4.45. The summed E-state index contributed by atoms with van der Waals surface area (Å²) in [7, 11) is 1.80. The molecule has 29 heavy (non-hydrogen) atoms. The number of H-pyrrole nitrogens is 1. The maximum atomic E-state index is 13.4. The van der Waals surface area contributed by atoms with Crippen LogP contribution in [0.3, 0.4) is 0 Å². The van der Waals surface area contributed by atoms with Crippen LogP contribution in [0, 0.1) is 0 Å². The van der Waals surface area contributed by atoms with Crippen molar-refractivity contribution in [1.29, 1.82) is 0 Å². The Morgan fingerprint density at radius 3 is 2.76 bits per heavy atom. The van der Waals surface area contributed by atoms with Crippen LogP contribution in [0.1, 0.15) is 42.6 Å². The summed E-state index contributed by atoms with van der Waals surface area (Å²) in [6.07, 6.45) is 5.92. The van der Waals surface area contributed by atoms with E-state index in [0.29, 0.717) is 17.0 Å². The molecule has 12 heteroatoms. The summed E-state index contributed by atoms with van der Waals surface area (Å²) < 4.78 is 1.36. The number of pyridine rings is 1. The van der Waals surface area contributed by atoms with Crippen molar-refractivity contribution >= 4 is 40.2 Å². The van der Waals surface area contributed by atoms with E-state index in [1.807, 2.05) is 0 Å². The average Bonchev–Trinajstić information content (AvgIpc) is 3.19. The Balaban J connectivity index is 1.63. The van der Waals surface area contributed by atoms with E-state index in [1.54, 1.807) is 12.1 Å². The van der Waals surface area contributed by atoms with Gasteiger partial charge in [0, 0.05) is 7.05 Å². The lowest BCUT2D eigenvalue weighted by atomic mass is 9.87. The molecule has 3 aromatic heterocycles. The highest BCUT2D eigenvalue weighted by Crippen LogP contribution is 2.34. The first kappa shape index (κ1) is 17.9. The van der Waals surface area contributed by atoms with Crippen LogP contribution in [0.25, 0.3) is 11.2 Å². The van der Waals surface area contributed by atoms with Crippen molar-refractivity contribution in [2.45, 2.75) is 37.8 Å². The molecule has 0 aromatic carbocycles. The zero-order valence-corrected chi connectivity index (χ0v) is 16.3. The number of fused-ring (bicyclic) bond motifs is 2. The molecule has 5 rings (SSSR count). The molecule has 0 bridgehead atoms. The molecular weight excluding hydrogens is 398 g/mol. The van der Waals surface area contributed by atoms with E-state index < -0.39 is 11.2 Å². The Morgan fingerprint density at radius 1 is 1.17 bits per heavy atom. The number of nitrogens with one attached hydrogen (secondary N) is 3. The van der Waals surface area contributed by atoms with Crippen LogP contribution >= 0.6 is 11.6 Å². The van der Waals surface area contributed by atoms with E-state index in [1.165, 1.54) is 17.1 Å². The third-order valence-corrected chi connectivity index (χ3v) is 5.96. The van der Waals surface area contributed by atoms with Crippen molar-refractivity contribution < 1.29 is 4.79 Å². The standard InChI is InChI=1S/C17H18ClN9O2/c1-26-17(5-3-2-4-6-17)22-15(28)12-9(18)7-10(16(29)27(12)26)21-13-11-14(20-8-19-13)24-25-23-11/h7-8H,2-6H2,1H3,(H,22,28)(H2,19,20,21,23,24,25). The molecule has 150 valence electrons. The molecule has 0 saturated heterocycles. The van der Waals surface area contributed by atoms with Crippen molar-refractivity contribution in [2.75, 3.05) is 17.4 Å². The number of rotatable bonds is 2. The molecule has 3 aromatic rings. The van der Waals surface area contributed by atoms with Crippen LogP contribution in [0.4, 0.5) is 11.5 Å². The molecule has 1 aliphatic carbocycles. The summed E-state index contributed by atoms with van der Waals surface area (Å²) in [4.78, 5) is 34.4. The van der Waals surface area contributed by atoms with Crippen LogP contribution in [0.15, 0.2) is 17.2 Å². The van der Waals surface area contributed by atoms with Gasteiger partial charge in [-0.15, -0.1) is 5.10 Å². The lowest BCUT2D eigenvalue weighted by Crippen LogP contribution is -2.70. The van der Waals surface area contributed by atoms with Gasteiger partial charge in [-0.3, -0.25) is 14.6 Å². The summed E-state index contributed by atoms with van der Waals surface area (Å²) >= 11 is 6.42. The molecule has 0 atom stereocenters. The Labute approximate surface area is 169 Å². The molecule has 3 N–H and O–H groups in total. The molecule has 2 aliphatic rings. The van der Waals surface area contributed by atoms with E-state index in [-0.39, 0.29) is 22.3 Å². The number of aromatic nitrogens is 6. The summed E-state index contributed by atoms with van der Waals surface area (Å²) in [6.45, 7) is 0. The van der Waals surface area contributed by atoms with Gasteiger partial charge in [-0.05, 0) is 31.7 Å². The topological polar surface area (TPSA) is 134 Å². The van der Waals surface area contributed by atoms with Crippen molar-refractivity contribution in [2.24, 2.45) is 0 Å². The lowest BCUT2D eigenvalue weighted by Gasteiger charge is -2.49. The maximum Gasteiger partial charge on any atom is 0.293 e. The number of nitrogens with zero attached hydrogens (tertiary/aromatic N) is 6. The Kier molecular flexibility index (Phi) is 3.95. The van der Waals surface area contributed by atoms with Crippen LogP contribution in [0.5, 0.6) is 0 Å². The van der Waals surface area contributed by atoms with Gasteiger partial charge in [0.2, 0.25) is 5.65 Å². The van der Waals surface area contributed by atoms with Crippen LogP contribution < -0.4 is 21.2 Å². The van der Waals surface area contributed by atoms with E-state index in [0.717, 1.165) is 32.1 Å². The van der Waals surface area contributed by atoms with Crippen LogP contribution in [0.2, 0.25) is 5.02 Å². The second-order valence-corrected chi connectivity index (χ2v) is 7.69. The van der Waals surface area contributed by atoms with E-state index in [9.17, 15) is 9.59 Å². The number of halogens is 1. The second-order valence-electron chi connectivity index (χ2n) is 7.28. The van der Waals surface area contributed by atoms with Crippen molar-refractivity contribution in [3.05, 3.63) is 33.5 Å². The van der Waals surface area contributed by atoms with E-state index >= 15 is 0 Å². The summed E-state index contributed by atoms with van der Waals surface area (Å²) in [5.41, 5.74) is 0.0545. The van der Waals surface area contributed by atoms with Crippen molar-refractivity contribution in [3.63, 3.8) is 0 Å². The third kappa shape index (κ3) is 2.64. The molecule has 1 saturated carbocycles. The molecule has 1 aliphatic heterocycles. The van der Waals surface area contributed by atoms with Gasteiger partial charge in [-0.25, -0.2) is 14.6 Å². The van der Waals surface area contributed by atoms with Gasteiger partial charge in [0.1, 0.15) is 23.4 Å². The number of amides is 1. The normalized spacial score (nSPS) is 18.0. The van der Waals surface area contributed by atoms with Crippen LogP contribution in [-0.4, -0.2) is 48.7 Å². The molecule has 0 unspecified atom stereocenters. The largest absolute Gasteiger partial charge is 0.334 e. The maximum absolute atomic E-state index is 13.4. The minimum Gasteiger partial charge on any atom is -0.334 e. The van der Waals surface area contributed by atoms with Crippen molar-refractivity contribution in [3.8, 4) is 0 Å². The second kappa shape index (κ2) is 6.41. The highest BCUT2D eigenvalue weighted by molar-refractivity contribution is 6.34. The molecule has 1 amide bonds. The fraction of sp³-hybridized carbons (Fsp3) is 0.412. The highest BCUT2D eigenvalue weighted by Gasteiger charge is 2.44. The number of carbonyl (C=O) groups is 1. The summed E-state index contributed by atoms with van der Waals surface area (Å²) in [5.74, 6) is -0.0349. The third-order valence-electron chi connectivity index (χ3n) is 5.67. The highest BCUT2D eigenvalue weighted by atomic mass is 35.5. The molecule has 11 nitrogen and oxygen atoms in total. The van der Waals surface area contributed by atoms with Gasteiger partial charge < -0.3 is 10.6 Å². The first-order valence-electron chi connectivity index (χ1n) is 9.31. The molecule has 4 heterocycles. The number of anilines is 2. The zero-order valence-electron chi connectivity index (χ0n) is 15.6. The number of hydrogen-bond donors (Lipinski definition) is 3. The van der Waals surface area contributed by atoms with Crippen LogP contribution in [-0.2, 0) is 0 Å².